The molecule has 0 unspecified atom stereocenters. The first-order valence-corrected chi connectivity index (χ1v) is 11.9. The molecule has 0 bridgehead atoms. The molecule has 0 saturated heterocycles. The van der Waals surface area contributed by atoms with E-state index in [1.54, 1.807) is 23.1 Å². The van der Waals surface area contributed by atoms with Gasteiger partial charge < -0.3 is 0 Å². The van der Waals surface area contributed by atoms with Gasteiger partial charge in [0.15, 0.2) is 11.0 Å². The molecular formula is C20H16N6OS3. The van der Waals surface area contributed by atoms with Crippen molar-refractivity contribution in [3.05, 3.63) is 80.5 Å². The van der Waals surface area contributed by atoms with Crippen molar-refractivity contribution >= 4 is 39.4 Å². The molecule has 150 valence electrons. The number of thioether (sulfide) groups is 1. The van der Waals surface area contributed by atoms with Gasteiger partial charge in [-0.3, -0.25) is 9.36 Å². The highest BCUT2D eigenvalue weighted by atomic mass is 32.2. The van der Waals surface area contributed by atoms with Crippen LogP contribution in [-0.4, -0.2) is 29.4 Å². The van der Waals surface area contributed by atoms with E-state index in [9.17, 15) is 4.79 Å². The van der Waals surface area contributed by atoms with E-state index in [0.717, 1.165) is 20.9 Å². The Labute approximate surface area is 184 Å². The zero-order valence-electron chi connectivity index (χ0n) is 15.9. The summed E-state index contributed by atoms with van der Waals surface area (Å²) >= 11 is 4.63. The number of hydrogen-bond acceptors (Lipinski definition) is 8. The van der Waals surface area contributed by atoms with Crippen LogP contribution >= 0.6 is 34.4 Å². The largest absolute Gasteiger partial charge is 0.297 e. The van der Waals surface area contributed by atoms with Crippen molar-refractivity contribution in [1.29, 1.82) is 0 Å². The van der Waals surface area contributed by atoms with Crippen LogP contribution in [0.1, 0.15) is 16.3 Å². The van der Waals surface area contributed by atoms with Crippen LogP contribution in [0.4, 0.5) is 0 Å². The van der Waals surface area contributed by atoms with Crippen molar-refractivity contribution < 1.29 is 0 Å². The van der Waals surface area contributed by atoms with Gasteiger partial charge in [-0.1, -0.05) is 59.5 Å². The molecule has 0 aliphatic rings. The first kappa shape index (κ1) is 19.2. The normalized spacial score (nSPS) is 11.4. The number of aromatic nitrogens is 6. The Morgan fingerprint density at radius 3 is 2.77 bits per heavy atom. The standard InChI is InChI=1S/C20H16N6OS3/c1-13-10-17(27)26-19(21-13)30-16(24-26)12-29-20-23-22-18(15-8-5-9-28-15)25(20)11-14-6-3-2-4-7-14/h2-10H,11-12H2,1H3. The van der Waals surface area contributed by atoms with E-state index in [-0.39, 0.29) is 5.56 Å². The zero-order valence-corrected chi connectivity index (χ0v) is 18.4. The molecule has 4 heterocycles. The lowest BCUT2D eigenvalue weighted by Gasteiger charge is -2.09. The van der Waals surface area contributed by atoms with Crippen molar-refractivity contribution in [2.45, 2.75) is 24.4 Å². The Bertz CT molecular complexity index is 1350. The van der Waals surface area contributed by atoms with Gasteiger partial charge >= 0.3 is 0 Å². The van der Waals surface area contributed by atoms with E-state index in [2.05, 4.69) is 43.0 Å². The Kier molecular flexibility index (Phi) is 5.19. The maximum atomic E-state index is 12.1. The van der Waals surface area contributed by atoms with Gasteiger partial charge in [-0.2, -0.15) is 9.61 Å². The molecule has 0 radical (unpaired) electrons. The summed E-state index contributed by atoms with van der Waals surface area (Å²) in [7, 11) is 0. The Morgan fingerprint density at radius 2 is 1.97 bits per heavy atom. The quantitative estimate of drug-likeness (QED) is 0.361. The maximum absolute atomic E-state index is 12.1. The number of benzene rings is 1. The van der Waals surface area contributed by atoms with Crippen LogP contribution in [0.15, 0.2) is 63.9 Å². The molecule has 0 N–H and O–H groups in total. The molecule has 10 heteroatoms. The molecule has 5 aromatic rings. The third-order valence-electron chi connectivity index (χ3n) is 4.38. The minimum absolute atomic E-state index is 0.155. The van der Waals surface area contributed by atoms with Gasteiger partial charge in [-0.05, 0) is 23.9 Å². The van der Waals surface area contributed by atoms with Gasteiger partial charge in [-0.25, -0.2) is 4.98 Å². The molecule has 4 aromatic heterocycles. The summed E-state index contributed by atoms with van der Waals surface area (Å²) in [5.41, 5.74) is 1.73. The summed E-state index contributed by atoms with van der Waals surface area (Å²) in [6.07, 6.45) is 0. The minimum Gasteiger partial charge on any atom is -0.297 e. The second-order valence-corrected chi connectivity index (χ2v) is 9.50. The lowest BCUT2D eigenvalue weighted by atomic mass is 10.2. The van der Waals surface area contributed by atoms with Gasteiger partial charge in [0.1, 0.15) is 5.01 Å². The highest BCUT2D eigenvalue weighted by molar-refractivity contribution is 7.98. The number of hydrogen-bond donors (Lipinski definition) is 0. The Morgan fingerprint density at radius 1 is 1.10 bits per heavy atom. The van der Waals surface area contributed by atoms with E-state index in [1.807, 2.05) is 36.6 Å². The van der Waals surface area contributed by atoms with Crippen LogP contribution in [0.25, 0.3) is 15.7 Å². The molecule has 0 aliphatic carbocycles. The van der Waals surface area contributed by atoms with E-state index in [4.69, 9.17) is 0 Å². The Hall–Kier alpha value is -2.82. The van der Waals surface area contributed by atoms with Crippen LogP contribution in [-0.2, 0) is 12.3 Å². The molecular weight excluding hydrogens is 436 g/mol. The summed E-state index contributed by atoms with van der Waals surface area (Å²) in [6, 6.07) is 15.8. The first-order chi connectivity index (χ1) is 14.7. The van der Waals surface area contributed by atoms with Crippen LogP contribution in [0, 0.1) is 6.92 Å². The highest BCUT2D eigenvalue weighted by Crippen LogP contribution is 2.30. The molecule has 0 spiro atoms. The van der Waals surface area contributed by atoms with E-state index in [1.165, 1.54) is 27.5 Å². The third-order valence-corrected chi connectivity index (χ3v) is 7.32. The van der Waals surface area contributed by atoms with Crippen molar-refractivity contribution in [1.82, 2.24) is 29.4 Å². The number of thiophene rings is 1. The lowest BCUT2D eigenvalue weighted by molar-refractivity contribution is 0.715. The Balaban J connectivity index is 1.45. The number of nitrogens with zero attached hydrogens (tertiary/aromatic N) is 6. The average Bonchev–Trinajstić information content (AvgIpc) is 3.47. The fraction of sp³-hybridized carbons (Fsp3) is 0.150. The van der Waals surface area contributed by atoms with Crippen molar-refractivity contribution in [2.24, 2.45) is 0 Å². The summed E-state index contributed by atoms with van der Waals surface area (Å²) in [5, 5.41) is 17.0. The van der Waals surface area contributed by atoms with Crippen LogP contribution in [0.3, 0.4) is 0 Å². The van der Waals surface area contributed by atoms with Crippen molar-refractivity contribution in [3.8, 4) is 10.7 Å². The molecule has 7 nitrogen and oxygen atoms in total. The summed E-state index contributed by atoms with van der Waals surface area (Å²) in [5.74, 6) is 1.44. The number of rotatable bonds is 6. The predicted octanol–water partition coefficient (Wildman–Crippen LogP) is 4.12. The third kappa shape index (κ3) is 3.81. The fourth-order valence-electron chi connectivity index (χ4n) is 3.04. The minimum atomic E-state index is -0.155. The predicted molar refractivity (Wildman–Crippen MR) is 120 cm³/mol. The summed E-state index contributed by atoms with van der Waals surface area (Å²) in [4.78, 5) is 18.2. The smallest absolute Gasteiger partial charge is 0.275 e. The maximum Gasteiger partial charge on any atom is 0.275 e. The molecule has 5 rings (SSSR count). The van der Waals surface area contributed by atoms with Crippen LogP contribution in [0.2, 0.25) is 0 Å². The van der Waals surface area contributed by atoms with Gasteiger partial charge in [-0.15, -0.1) is 21.5 Å². The molecule has 30 heavy (non-hydrogen) atoms. The second-order valence-electron chi connectivity index (χ2n) is 6.57. The lowest BCUT2D eigenvalue weighted by Crippen LogP contribution is -2.14. The molecule has 0 fully saturated rings. The van der Waals surface area contributed by atoms with Crippen LogP contribution in [0.5, 0.6) is 0 Å². The highest BCUT2D eigenvalue weighted by Gasteiger charge is 2.17. The molecule has 0 aliphatic heterocycles. The van der Waals surface area contributed by atoms with Crippen molar-refractivity contribution in [3.63, 3.8) is 0 Å². The molecule has 1 aromatic carbocycles. The van der Waals surface area contributed by atoms with Gasteiger partial charge in [0.25, 0.3) is 5.56 Å². The summed E-state index contributed by atoms with van der Waals surface area (Å²) in [6.45, 7) is 2.50. The van der Waals surface area contributed by atoms with Gasteiger partial charge in [0.2, 0.25) is 4.96 Å². The number of aryl methyl sites for hydroxylation is 1. The molecule has 0 atom stereocenters. The monoisotopic (exact) mass is 452 g/mol. The first-order valence-electron chi connectivity index (χ1n) is 9.17. The molecule has 0 saturated carbocycles. The van der Waals surface area contributed by atoms with Crippen LogP contribution < -0.4 is 5.56 Å². The van der Waals surface area contributed by atoms with Gasteiger partial charge in [0, 0.05) is 11.8 Å². The fourth-order valence-corrected chi connectivity index (χ4v) is 5.62. The topological polar surface area (TPSA) is 78.0 Å². The van der Waals surface area contributed by atoms with E-state index < -0.39 is 0 Å². The van der Waals surface area contributed by atoms with E-state index in [0.29, 0.717) is 23.0 Å². The molecule has 0 amide bonds. The summed E-state index contributed by atoms with van der Waals surface area (Å²) < 4.78 is 3.49. The number of fused-ring (bicyclic) bond motifs is 1. The second kappa shape index (κ2) is 8.13. The van der Waals surface area contributed by atoms with E-state index >= 15 is 0 Å². The van der Waals surface area contributed by atoms with Crippen molar-refractivity contribution in [2.75, 3.05) is 0 Å². The average molecular weight is 453 g/mol. The SMILES string of the molecule is Cc1cc(=O)n2nc(CSc3nnc(-c4cccs4)n3Cc3ccccc3)sc2n1. The zero-order chi connectivity index (χ0) is 20.5. The van der Waals surface area contributed by atoms with Gasteiger partial charge in [0.05, 0.1) is 17.2 Å².